The van der Waals surface area contributed by atoms with Crippen molar-refractivity contribution in [3.05, 3.63) is 36.2 Å². The van der Waals surface area contributed by atoms with E-state index in [1.165, 1.54) is 0 Å². The van der Waals surface area contributed by atoms with Crippen molar-refractivity contribution in [2.75, 3.05) is 32.8 Å². The third-order valence-electron chi connectivity index (χ3n) is 4.51. The lowest BCUT2D eigenvalue weighted by Gasteiger charge is -2.38. The quantitative estimate of drug-likeness (QED) is 0.839. The number of aromatic nitrogens is 4. The van der Waals surface area contributed by atoms with Crippen LogP contribution in [0.15, 0.2) is 30.3 Å². The van der Waals surface area contributed by atoms with E-state index in [-0.39, 0.29) is 12.6 Å². The Hall–Kier alpha value is -1.83. The maximum Gasteiger partial charge on any atom is 0.170 e. The molecule has 2 aromatic rings. The summed E-state index contributed by atoms with van der Waals surface area (Å²) in [5.41, 5.74) is 0.984. The zero-order chi connectivity index (χ0) is 16.1. The van der Waals surface area contributed by atoms with Gasteiger partial charge in [-0.3, -0.25) is 9.80 Å². The van der Waals surface area contributed by atoms with Crippen molar-refractivity contribution in [3.8, 4) is 5.69 Å². The molecule has 1 saturated heterocycles. The number of hydrogen-bond acceptors (Lipinski definition) is 6. The van der Waals surface area contributed by atoms with Crippen LogP contribution in [-0.2, 0) is 6.54 Å². The molecule has 0 saturated carbocycles. The van der Waals surface area contributed by atoms with Gasteiger partial charge in [0.1, 0.15) is 0 Å². The number of aliphatic hydroxyl groups excluding tert-OH is 1. The van der Waals surface area contributed by atoms with E-state index in [1.54, 1.807) is 4.68 Å². The lowest BCUT2D eigenvalue weighted by Crippen LogP contribution is -2.51. The Kier molecular flexibility index (Phi) is 5.32. The van der Waals surface area contributed by atoms with Gasteiger partial charge in [0, 0.05) is 32.2 Å². The van der Waals surface area contributed by atoms with Crippen LogP contribution < -0.4 is 0 Å². The van der Waals surface area contributed by atoms with Gasteiger partial charge in [-0.25, -0.2) is 0 Å². The minimum Gasteiger partial charge on any atom is -0.395 e. The highest BCUT2D eigenvalue weighted by atomic mass is 16.3. The average molecular weight is 316 g/mol. The first-order valence-electron chi connectivity index (χ1n) is 8.21. The van der Waals surface area contributed by atoms with Crippen LogP contribution in [0, 0.1) is 0 Å². The van der Waals surface area contributed by atoms with Gasteiger partial charge >= 0.3 is 0 Å². The molecule has 1 atom stereocenters. The third kappa shape index (κ3) is 3.74. The van der Waals surface area contributed by atoms with Gasteiger partial charge in [-0.05, 0) is 29.0 Å². The molecule has 1 aliphatic rings. The minimum absolute atomic E-state index is 0.239. The summed E-state index contributed by atoms with van der Waals surface area (Å²) in [6.45, 7) is 7.00. The number of para-hydroxylation sites is 1. The van der Waals surface area contributed by atoms with Crippen LogP contribution in [0.25, 0.3) is 5.69 Å². The molecule has 1 N–H and O–H groups in total. The molecule has 0 radical (unpaired) electrons. The molecule has 2 heterocycles. The first kappa shape index (κ1) is 16.0. The van der Waals surface area contributed by atoms with E-state index in [9.17, 15) is 5.11 Å². The average Bonchev–Trinajstić information content (AvgIpc) is 3.06. The first-order chi connectivity index (χ1) is 11.3. The largest absolute Gasteiger partial charge is 0.395 e. The fourth-order valence-electron chi connectivity index (χ4n) is 3.06. The summed E-state index contributed by atoms with van der Waals surface area (Å²) >= 11 is 0. The lowest BCUT2D eigenvalue weighted by atomic mass is 10.1. The van der Waals surface area contributed by atoms with Crippen molar-refractivity contribution in [3.63, 3.8) is 0 Å². The van der Waals surface area contributed by atoms with Crippen LogP contribution in [0.2, 0.25) is 0 Å². The highest BCUT2D eigenvalue weighted by Crippen LogP contribution is 2.13. The van der Waals surface area contributed by atoms with Gasteiger partial charge < -0.3 is 5.11 Å². The lowest BCUT2D eigenvalue weighted by molar-refractivity contribution is 0.0596. The fourth-order valence-corrected chi connectivity index (χ4v) is 3.06. The van der Waals surface area contributed by atoms with Crippen molar-refractivity contribution in [2.45, 2.75) is 25.9 Å². The van der Waals surface area contributed by atoms with Gasteiger partial charge in [-0.2, -0.15) is 4.68 Å². The van der Waals surface area contributed by atoms with Gasteiger partial charge in [0.05, 0.1) is 18.8 Å². The van der Waals surface area contributed by atoms with Crippen LogP contribution >= 0.6 is 0 Å². The second kappa shape index (κ2) is 7.63. The predicted octanol–water partition coefficient (Wildman–Crippen LogP) is 0.551. The molecule has 124 valence electrons. The molecule has 7 nitrogen and oxygen atoms in total. The molecule has 1 aliphatic heterocycles. The molecule has 0 aliphatic carbocycles. The maximum atomic E-state index is 9.43. The van der Waals surface area contributed by atoms with Crippen molar-refractivity contribution in [1.29, 1.82) is 0 Å². The van der Waals surface area contributed by atoms with E-state index in [0.717, 1.165) is 50.7 Å². The molecule has 0 spiro atoms. The molecule has 1 aromatic carbocycles. The van der Waals surface area contributed by atoms with Gasteiger partial charge in [0.25, 0.3) is 0 Å². The number of benzene rings is 1. The summed E-state index contributed by atoms with van der Waals surface area (Å²) in [7, 11) is 0. The molecule has 0 amide bonds. The molecule has 1 unspecified atom stereocenters. The molecular weight excluding hydrogens is 292 g/mol. The molecule has 3 rings (SSSR count). The third-order valence-corrected chi connectivity index (χ3v) is 4.51. The van der Waals surface area contributed by atoms with E-state index in [1.807, 2.05) is 30.3 Å². The monoisotopic (exact) mass is 316 g/mol. The van der Waals surface area contributed by atoms with Gasteiger partial charge in [0.2, 0.25) is 0 Å². The molecule has 0 bridgehead atoms. The molecule has 7 heteroatoms. The fraction of sp³-hybridized carbons (Fsp3) is 0.562. The number of hydrogen-bond donors (Lipinski definition) is 1. The molecule has 1 aromatic heterocycles. The summed E-state index contributed by atoms with van der Waals surface area (Å²) in [5, 5.41) is 21.5. The molecular formula is C16H24N6O. The Morgan fingerprint density at radius 1 is 1.13 bits per heavy atom. The molecule has 23 heavy (non-hydrogen) atoms. The Morgan fingerprint density at radius 2 is 1.87 bits per heavy atom. The van der Waals surface area contributed by atoms with Crippen LogP contribution in [-0.4, -0.2) is 73.9 Å². The van der Waals surface area contributed by atoms with E-state index >= 15 is 0 Å². The topological polar surface area (TPSA) is 70.3 Å². The maximum absolute atomic E-state index is 9.43. The van der Waals surface area contributed by atoms with Crippen molar-refractivity contribution in [1.82, 2.24) is 30.0 Å². The number of rotatable bonds is 6. The van der Waals surface area contributed by atoms with Crippen LogP contribution in [0.1, 0.15) is 19.2 Å². The molecule has 1 fully saturated rings. The SMILES string of the molecule is CCC(CO)N1CCN(Cc2nnnn2-c2ccccc2)CC1. The van der Waals surface area contributed by atoms with E-state index in [2.05, 4.69) is 32.2 Å². The zero-order valence-electron chi connectivity index (χ0n) is 13.5. The van der Waals surface area contributed by atoms with Crippen molar-refractivity contribution < 1.29 is 5.11 Å². The van der Waals surface area contributed by atoms with Gasteiger partial charge in [0.15, 0.2) is 5.82 Å². The first-order valence-corrected chi connectivity index (χ1v) is 8.21. The standard InChI is InChI=1S/C16H24N6O/c1-2-14(13-23)21-10-8-20(9-11-21)12-16-17-18-19-22(16)15-6-4-3-5-7-15/h3-7,14,23H,2,8-13H2,1H3. The van der Waals surface area contributed by atoms with Crippen molar-refractivity contribution >= 4 is 0 Å². The summed E-state index contributed by atoms with van der Waals surface area (Å²) in [6, 6.07) is 10.2. The van der Waals surface area contributed by atoms with Crippen LogP contribution in [0.4, 0.5) is 0 Å². The highest BCUT2D eigenvalue weighted by molar-refractivity contribution is 5.30. The van der Waals surface area contributed by atoms with E-state index in [0.29, 0.717) is 0 Å². The minimum atomic E-state index is 0.239. The number of nitrogens with zero attached hydrogens (tertiary/aromatic N) is 6. The van der Waals surface area contributed by atoms with Crippen molar-refractivity contribution in [2.24, 2.45) is 0 Å². The second-order valence-electron chi connectivity index (χ2n) is 5.90. The summed E-state index contributed by atoms with van der Waals surface area (Å²) in [4.78, 5) is 4.74. The highest BCUT2D eigenvalue weighted by Gasteiger charge is 2.23. The Labute approximate surface area is 136 Å². The van der Waals surface area contributed by atoms with Gasteiger partial charge in [-0.1, -0.05) is 25.1 Å². The Balaban J connectivity index is 1.61. The predicted molar refractivity (Wildman–Crippen MR) is 87.2 cm³/mol. The number of piperazine rings is 1. The number of tetrazole rings is 1. The summed E-state index contributed by atoms with van der Waals surface area (Å²) in [5.74, 6) is 0.860. The smallest absolute Gasteiger partial charge is 0.170 e. The second-order valence-corrected chi connectivity index (χ2v) is 5.90. The Bertz CT molecular complexity index is 590. The summed E-state index contributed by atoms with van der Waals surface area (Å²) < 4.78 is 1.80. The zero-order valence-corrected chi connectivity index (χ0v) is 13.5. The van der Waals surface area contributed by atoms with E-state index in [4.69, 9.17) is 0 Å². The van der Waals surface area contributed by atoms with E-state index < -0.39 is 0 Å². The van der Waals surface area contributed by atoms with Crippen LogP contribution in [0.3, 0.4) is 0 Å². The normalized spacial score (nSPS) is 18.2. The van der Waals surface area contributed by atoms with Gasteiger partial charge in [-0.15, -0.1) is 5.10 Å². The summed E-state index contributed by atoms with van der Waals surface area (Å²) in [6.07, 6.45) is 0.989. The number of aliphatic hydroxyl groups is 1. The Morgan fingerprint density at radius 3 is 2.52 bits per heavy atom. The van der Waals surface area contributed by atoms with Crippen LogP contribution in [0.5, 0.6) is 0 Å².